The normalized spacial score (nSPS) is 20.8. The Balaban J connectivity index is 1.61. The Morgan fingerprint density at radius 1 is 1.23 bits per heavy atom. The SMILES string of the molecule is COc1cccc(C2NC(=O)N(C)C3=C2C(=O)N(CC(=O)NCC2CC2)C3)c1OC. The molecule has 9 heteroatoms. The maximum absolute atomic E-state index is 13.3. The summed E-state index contributed by atoms with van der Waals surface area (Å²) >= 11 is 0. The smallest absolute Gasteiger partial charge is 0.322 e. The molecule has 1 saturated carbocycles. The minimum absolute atomic E-state index is 0.0391. The highest BCUT2D eigenvalue weighted by molar-refractivity contribution is 6.03. The lowest BCUT2D eigenvalue weighted by atomic mass is 9.94. The number of nitrogens with zero attached hydrogens (tertiary/aromatic N) is 2. The molecule has 1 unspecified atom stereocenters. The van der Waals surface area contributed by atoms with Gasteiger partial charge in [0.25, 0.3) is 5.91 Å². The molecular weight excluding hydrogens is 388 g/mol. The zero-order valence-electron chi connectivity index (χ0n) is 17.4. The fraction of sp³-hybridized carbons (Fsp3) is 0.476. The topological polar surface area (TPSA) is 100 Å². The monoisotopic (exact) mass is 414 g/mol. The van der Waals surface area contributed by atoms with Gasteiger partial charge in [-0.3, -0.25) is 14.5 Å². The fourth-order valence-corrected chi connectivity index (χ4v) is 3.93. The zero-order valence-corrected chi connectivity index (χ0v) is 17.4. The minimum atomic E-state index is -0.694. The van der Waals surface area contributed by atoms with Crippen molar-refractivity contribution in [3.8, 4) is 11.5 Å². The Labute approximate surface area is 175 Å². The van der Waals surface area contributed by atoms with Gasteiger partial charge in [-0.2, -0.15) is 0 Å². The molecule has 4 rings (SSSR count). The molecule has 1 atom stereocenters. The maximum Gasteiger partial charge on any atom is 0.322 e. The van der Waals surface area contributed by atoms with Gasteiger partial charge in [0.05, 0.1) is 38.1 Å². The lowest BCUT2D eigenvalue weighted by molar-refractivity contribution is -0.131. The van der Waals surface area contributed by atoms with E-state index in [2.05, 4.69) is 10.6 Å². The predicted molar refractivity (Wildman–Crippen MR) is 108 cm³/mol. The van der Waals surface area contributed by atoms with Crippen LogP contribution < -0.4 is 20.1 Å². The van der Waals surface area contributed by atoms with Crippen LogP contribution in [0.25, 0.3) is 0 Å². The largest absolute Gasteiger partial charge is 0.493 e. The number of carbonyl (C=O) groups excluding carboxylic acids is 3. The maximum atomic E-state index is 13.3. The van der Waals surface area contributed by atoms with Crippen molar-refractivity contribution in [3.63, 3.8) is 0 Å². The molecule has 2 N–H and O–H groups in total. The molecule has 0 saturated heterocycles. The van der Waals surface area contributed by atoms with Gasteiger partial charge in [-0.25, -0.2) is 4.79 Å². The lowest BCUT2D eigenvalue weighted by Crippen LogP contribution is -2.45. The van der Waals surface area contributed by atoms with Gasteiger partial charge in [-0.15, -0.1) is 0 Å². The first-order valence-corrected chi connectivity index (χ1v) is 9.98. The van der Waals surface area contributed by atoms with Crippen molar-refractivity contribution < 1.29 is 23.9 Å². The summed E-state index contributed by atoms with van der Waals surface area (Å²) in [6.07, 6.45) is 2.28. The number of benzene rings is 1. The molecular formula is C21H26N4O5. The Bertz CT molecular complexity index is 924. The van der Waals surface area contributed by atoms with Crippen molar-refractivity contribution in [1.29, 1.82) is 0 Å². The highest BCUT2D eigenvalue weighted by Crippen LogP contribution is 2.42. The van der Waals surface area contributed by atoms with E-state index < -0.39 is 6.04 Å². The van der Waals surface area contributed by atoms with Crippen LogP contribution in [-0.4, -0.2) is 68.5 Å². The van der Waals surface area contributed by atoms with E-state index in [9.17, 15) is 14.4 Å². The van der Waals surface area contributed by atoms with Crippen LogP contribution in [0.4, 0.5) is 4.79 Å². The van der Waals surface area contributed by atoms with E-state index in [4.69, 9.17) is 9.47 Å². The third-order valence-corrected chi connectivity index (χ3v) is 5.80. The second-order valence-electron chi connectivity index (χ2n) is 7.79. The molecule has 30 heavy (non-hydrogen) atoms. The molecule has 0 bridgehead atoms. The van der Waals surface area contributed by atoms with E-state index in [1.54, 1.807) is 25.2 Å². The van der Waals surface area contributed by atoms with Gasteiger partial charge < -0.3 is 25.0 Å². The first-order chi connectivity index (χ1) is 14.4. The Kier molecular flexibility index (Phi) is 5.27. The Morgan fingerprint density at radius 3 is 2.67 bits per heavy atom. The number of amides is 4. The first kappa shape index (κ1) is 20.1. The van der Waals surface area contributed by atoms with Gasteiger partial charge in [-0.05, 0) is 24.8 Å². The van der Waals surface area contributed by atoms with E-state index in [0.717, 1.165) is 12.8 Å². The summed E-state index contributed by atoms with van der Waals surface area (Å²) in [6, 6.07) is 4.31. The van der Waals surface area contributed by atoms with Gasteiger partial charge >= 0.3 is 6.03 Å². The van der Waals surface area contributed by atoms with Crippen molar-refractivity contribution in [1.82, 2.24) is 20.4 Å². The summed E-state index contributed by atoms with van der Waals surface area (Å²) in [7, 11) is 4.66. The van der Waals surface area contributed by atoms with Gasteiger partial charge in [0.1, 0.15) is 6.54 Å². The van der Waals surface area contributed by atoms with Crippen LogP contribution >= 0.6 is 0 Å². The summed E-state index contributed by atoms with van der Waals surface area (Å²) in [5.41, 5.74) is 1.66. The first-order valence-electron chi connectivity index (χ1n) is 9.98. The van der Waals surface area contributed by atoms with E-state index in [1.807, 2.05) is 0 Å². The van der Waals surface area contributed by atoms with Crippen LogP contribution in [0, 0.1) is 5.92 Å². The lowest BCUT2D eigenvalue weighted by Gasteiger charge is -2.31. The molecule has 2 aliphatic heterocycles. The van der Waals surface area contributed by atoms with Crippen LogP contribution in [0.15, 0.2) is 29.5 Å². The summed E-state index contributed by atoms with van der Waals surface area (Å²) in [5.74, 6) is 1.07. The van der Waals surface area contributed by atoms with Crippen LogP contribution in [0.3, 0.4) is 0 Å². The molecule has 4 amide bonds. The van der Waals surface area contributed by atoms with Crippen molar-refractivity contribution >= 4 is 17.8 Å². The second-order valence-corrected chi connectivity index (χ2v) is 7.79. The highest BCUT2D eigenvalue weighted by Gasteiger charge is 2.44. The Morgan fingerprint density at radius 2 is 2.00 bits per heavy atom. The van der Waals surface area contributed by atoms with Crippen LogP contribution in [0.1, 0.15) is 24.4 Å². The average molecular weight is 414 g/mol. The Hall–Kier alpha value is -3.23. The number of ether oxygens (including phenoxy) is 2. The number of nitrogens with one attached hydrogen (secondary N) is 2. The van der Waals surface area contributed by atoms with Crippen LogP contribution in [0.2, 0.25) is 0 Å². The predicted octanol–water partition coefficient (Wildman–Crippen LogP) is 1.02. The second kappa shape index (κ2) is 7.89. The van der Waals surface area contributed by atoms with E-state index in [-0.39, 0.29) is 30.9 Å². The van der Waals surface area contributed by atoms with Gasteiger partial charge in [0, 0.05) is 19.2 Å². The summed E-state index contributed by atoms with van der Waals surface area (Å²) in [4.78, 5) is 41.1. The third kappa shape index (κ3) is 3.55. The van der Waals surface area contributed by atoms with E-state index >= 15 is 0 Å². The molecule has 2 heterocycles. The van der Waals surface area contributed by atoms with Crippen LogP contribution in [-0.2, 0) is 9.59 Å². The van der Waals surface area contributed by atoms with E-state index in [0.29, 0.717) is 40.8 Å². The van der Waals surface area contributed by atoms with Crippen molar-refractivity contribution in [2.45, 2.75) is 18.9 Å². The fourth-order valence-electron chi connectivity index (χ4n) is 3.93. The summed E-state index contributed by atoms with van der Waals surface area (Å²) < 4.78 is 10.9. The van der Waals surface area contributed by atoms with Crippen molar-refractivity contribution in [2.24, 2.45) is 5.92 Å². The molecule has 0 aromatic heterocycles. The number of hydrogen-bond donors (Lipinski definition) is 2. The van der Waals surface area contributed by atoms with Crippen LogP contribution in [0.5, 0.6) is 11.5 Å². The molecule has 1 aromatic rings. The molecule has 1 fully saturated rings. The molecule has 0 spiro atoms. The summed E-state index contributed by atoms with van der Waals surface area (Å²) in [5, 5.41) is 5.76. The quantitative estimate of drug-likeness (QED) is 0.694. The molecule has 0 radical (unpaired) electrons. The number of para-hydroxylation sites is 1. The molecule has 1 aromatic carbocycles. The van der Waals surface area contributed by atoms with Crippen molar-refractivity contribution in [2.75, 3.05) is 40.9 Å². The standard InChI is InChI=1S/C21H26N4O5/c1-24-14-10-25(11-16(26)22-9-12-7-8-12)20(27)17(14)18(23-21(24)28)13-5-4-6-15(29-2)19(13)30-3/h4-6,12,18H,7-11H2,1-3H3,(H,22,26)(H,23,28). The number of methoxy groups -OCH3 is 2. The number of hydrogen-bond acceptors (Lipinski definition) is 5. The zero-order chi connectivity index (χ0) is 21.4. The van der Waals surface area contributed by atoms with E-state index in [1.165, 1.54) is 24.0 Å². The number of urea groups is 1. The number of likely N-dealkylation sites (N-methyl/N-ethyl adjacent to an activating group) is 1. The van der Waals surface area contributed by atoms with Gasteiger partial charge in [-0.1, -0.05) is 12.1 Å². The van der Waals surface area contributed by atoms with Crippen molar-refractivity contribution in [3.05, 3.63) is 35.0 Å². The minimum Gasteiger partial charge on any atom is -0.493 e. The average Bonchev–Trinajstić information content (AvgIpc) is 3.52. The molecule has 1 aliphatic carbocycles. The molecule has 3 aliphatic rings. The van der Waals surface area contributed by atoms with Gasteiger partial charge in [0.15, 0.2) is 11.5 Å². The number of carbonyl (C=O) groups is 3. The third-order valence-electron chi connectivity index (χ3n) is 5.80. The van der Waals surface area contributed by atoms with Gasteiger partial charge in [0.2, 0.25) is 5.91 Å². The number of rotatable bonds is 7. The summed E-state index contributed by atoms with van der Waals surface area (Å²) in [6.45, 7) is 0.817. The molecule has 9 nitrogen and oxygen atoms in total. The highest BCUT2D eigenvalue weighted by atomic mass is 16.5. The molecule has 160 valence electrons.